The van der Waals surface area contributed by atoms with Crippen molar-refractivity contribution in [2.75, 3.05) is 11.5 Å². The van der Waals surface area contributed by atoms with Gasteiger partial charge in [-0.2, -0.15) is 0 Å². The summed E-state index contributed by atoms with van der Waals surface area (Å²) in [6.45, 7) is 0. The van der Waals surface area contributed by atoms with Gasteiger partial charge in [0.1, 0.15) is 0 Å². The first kappa shape index (κ1) is 15.1. The largest absolute Gasteiger partial charge is 0.229 e. The lowest BCUT2D eigenvalue weighted by Gasteiger charge is -2.10. The molecule has 1 atom stereocenters. The van der Waals surface area contributed by atoms with E-state index in [2.05, 4.69) is 0 Å². The highest BCUT2D eigenvalue weighted by atomic mass is 35.5. The molecular weight excluding hydrogens is 331 g/mol. The molecule has 1 aromatic rings. The highest BCUT2D eigenvalue weighted by Gasteiger charge is 2.36. The summed E-state index contributed by atoms with van der Waals surface area (Å²) in [5.41, 5.74) is 0.513. The minimum absolute atomic E-state index is 0.0573. The van der Waals surface area contributed by atoms with Crippen LogP contribution in [0.2, 0.25) is 10.0 Å². The van der Waals surface area contributed by atoms with Crippen LogP contribution < -0.4 is 0 Å². The van der Waals surface area contributed by atoms with Gasteiger partial charge in [0.05, 0.1) is 32.6 Å². The molecule has 2 rings (SSSR count). The van der Waals surface area contributed by atoms with Crippen LogP contribution in [0.15, 0.2) is 18.2 Å². The molecule has 0 saturated carbocycles. The molecule has 0 aliphatic carbocycles. The summed E-state index contributed by atoms with van der Waals surface area (Å²) >= 11 is 11.6. The quantitative estimate of drug-likeness (QED) is 0.843. The molecule has 0 aromatic heterocycles. The van der Waals surface area contributed by atoms with Crippen molar-refractivity contribution < 1.29 is 16.8 Å². The van der Waals surface area contributed by atoms with Crippen molar-refractivity contribution in [2.24, 2.45) is 0 Å². The smallest absolute Gasteiger partial charge is 0.158 e. The van der Waals surface area contributed by atoms with E-state index in [-0.39, 0.29) is 28.7 Å². The van der Waals surface area contributed by atoms with E-state index in [4.69, 9.17) is 23.2 Å². The average molecular weight is 343 g/mol. The maximum absolute atomic E-state index is 12.1. The molecule has 1 saturated heterocycles. The number of hydrogen-bond acceptors (Lipinski definition) is 4. The van der Waals surface area contributed by atoms with Crippen LogP contribution in [-0.4, -0.2) is 33.6 Å². The minimum Gasteiger partial charge on any atom is -0.229 e. The monoisotopic (exact) mass is 342 g/mol. The van der Waals surface area contributed by atoms with Crippen molar-refractivity contribution in [1.82, 2.24) is 0 Å². The molecule has 0 bridgehead atoms. The number of benzene rings is 1. The maximum Gasteiger partial charge on any atom is 0.158 e. The van der Waals surface area contributed by atoms with E-state index in [1.165, 1.54) is 12.1 Å². The Morgan fingerprint density at radius 1 is 1.21 bits per heavy atom. The van der Waals surface area contributed by atoms with Crippen molar-refractivity contribution in [3.05, 3.63) is 33.8 Å². The van der Waals surface area contributed by atoms with Crippen molar-refractivity contribution in [1.29, 1.82) is 0 Å². The zero-order valence-electron chi connectivity index (χ0n) is 9.84. The molecule has 0 spiro atoms. The Morgan fingerprint density at radius 2 is 1.89 bits per heavy atom. The van der Waals surface area contributed by atoms with E-state index in [0.29, 0.717) is 10.6 Å². The molecular formula is C11H12Cl2O4S2. The van der Waals surface area contributed by atoms with Gasteiger partial charge in [-0.1, -0.05) is 29.3 Å². The molecule has 1 aromatic carbocycles. The van der Waals surface area contributed by atoms with Gasteiger partial charge in [0.2, 0.25) is 0 Å². The van der Waals surface area contributed by atoms with Crippen LogP contribution in [0.5, 0.6) is 0 Å². The zero-order chi connectivity index (χ0) is 14.3. The van der Waals surface area contributed by atoms with Gasteiger partial charge in [0.15, 0.2) is 19.7 Å². The van der Waals surface area contributed by atoms with Crippen LogP contribution in [0.3, 0.4) is 0 Å². The average Bonchev–Trinajstić information content (AvgIpc) is 2.65. The van der Waals surface area contributed by atoms with Crippen molar-refractivity contribution in [3.8, 4) is 0 Å². The van der Waals surface area contributed by atoms with Crippen molar-refractivity contribution in [2.45, 2.75) is 17.4 Å². The number of halogens is 2. The van der Waals surface area contributed by atoms with Crippen molar-refractivity contribution in [3.63, 3.8) is 0 Å². The maximum atomic E-state index is 12.1. The third-order valence-corrected chi connectivity index (χ3v) is 7.92. The van der Waals surface area contributed by atoms with Gasteiger partial charge in [-0.25, -0.2) is 16.8 Å². The second kappa shape index (κ2) is 5.24. The van der Waals surface area contributed by atoms with Gasteiger partial charge in [0.25, 0.3) is 0 Å². The standard InChI is InChI=1S/C11H12Cl2O4S2/c12-10-2-1-8(5-11(10)13)6-19(16,17)9-3-4-18(14,15)7-9/h1-2,5,9H,3-4,6-7H2. The molecule has 1 fully saturated rings. The Bertz CT molecular complexity index is 695. The van der Waals surface area contributed by atoms with Crippen LogP contribution >= 0.6 is 23.2 Å². The fraction of sp³-hybridized carbons (Fsp3) is 0.455. The Hall–Kier alpha value is -0.300. The molecule has 8 heteroatoms. The van der Waals surface area contributed by atoms with Crippen molar-refractivity contribution >= 4 is 42.9 Å². The predicted octanol–water partition coefficient (Wildman–Crippen LogP) is 2.10. The molecule has 19 heavy (non-hydrogen) atoms. The van der Waals surface area contributed by atoms with Gasteiger partial charge in [0, 0.05) is 0 Å². The summed E-state index contributed by atoms with van der Waals surface area (Å²) < 4.78 is 47.0. The predicted molar refractivity (Wildman–Crippen MR) is 76.1 cm³/mol. The SMILES string of the molecule is O=S1(=O)CCC(S(=O)(=O)Cc2ccc(Cl)c(Cl)c2)C1. The fourth-order valence-electron chi connectivity index (χ4n) is 2.02. The second-order valence-corrected chi connectivity index (χ2v) is 9.90. The minimum atomic E-state index is -3.49. The Morgan fingerprint density at radius 3 is 2.42 bits per heavy atom. The van der Waals surface area contributed by atoms with Crippen LogP contribution in [0, 0.1) is 0 Å². The lowest BCUT2D eigenvalue weighted by atomic mass is 10.2. The summed E-state index contributed by atoms with van der Waals surface area (Å²) in [5, 5.41) is -0.174. The third-order valence-electron chi connectivity index (χ3n) is 3.05. The first-order valence-electron chi connectivity index (χ1n) is 5.55. The van der Waals surface area contributed by atoms with Crippen LogP contribution in [-0.2, 0) is 25.4 Å². The Kier molecular flexibility index (Phi) is 4.16. The van der Waals surface area contributed by atoms with Gasteiger partial charge >= 0.3 is 0 Å². The number of sulfone groups is 2. The molecule has 0 amide bonds. The first-order valence-corrected chi connectivity index (χ1v) is 9.85. The molecule has 4 nitrogen and oxygen atoms in total. The molecule has 0 radical (unpaired) electrons. The highest BCUT2D eigenvalue weighted by Crippen LogP contribution is 2.26. The van der Waals surface area contributed by atoms with Crippen LogP contribution in [0.1, 0.15) is 12.0 Å². The summed E-state index contributed by atoms with van der Waals surface area (Å²) in [7, 11) is -6.71. The second-order valence-electron chi connectivity index (χ2n) is 4.58. The highest BCUT2D eigenvalue weighted by molar-refractivity contribution is 7.96. The lowest BCUT2D eigenvalue weighted by molar-refractivity contribution is 0.581. The van der Waals surface area contributed by atoms with Crippen LogP contribution in [0.4, 0.5) is 0 Å². The number of rotatable bonds is 3. The molecule has 1 aliphatic heterocycles. The Balaban J connectivity index is 2.20. The topological polar surface area (TPSA) is 68.3 Å². The van der Waals surface area contributed by atoms with E-state index in [1.54, 1.807) is 6.07 Å². The fourth-order valence-corrected chi connectivity index (χ4v) is 6.85. The summed E-state index contributed by atoms with van der Waals surface area (Å²) in [5.74, 6) is -0.557. The molecule has 106 valence electrons. The summed E-state index contributed by atoms with van der Waals surface area (Å²) in [4.78, 5) is 0. The van der Waals surface area contributed by atoms with E-state index in [9.17, 15) is 16.8 Å². The molecule has 1 heterocycles. The zero-order valence-corrected chi connectivity index (χ0v) is 13.0. The van der Waals surface area contributed by atoms with Gasteiger partial charge in [-0.15, -0.1) is 0 Å². The lowest BCUT2D eigenvalue weighted by Crippen LogP contribution is -2.24. The first-order chi connectivity index (χ1) is 8.70. The molecule has 1 aliphatic rings. The van der Waals surface area contributed by atoms with Crippen LogP contribution in [0.25, 0.3) is 0 Å². The third kappa shape index (κ3) is 3.62. The normalized spacial score (nSPS) is 22.5. The Labute approximate surface area is 122 Å². The van der Waals surface area contributed by atoms with E-state index < -0.39 is 24.9 Å². The van der Waals surface area contributed by atoms with Gasteiger partial charge in [-0.05, 0) is 24.1 Å². The summed E-state index contributed by atoms with van der Waals surface area (Å²) in [6.07, 6.45) is 0.173. The van der Waals surface area contributed by atoms with Gasteiger partial charge < -0.3 is 0 Å². The van der Waals surface area contributed by atoms with Gasteiger partial charge in [-0.3, -0.25) is 0 Å². The van der Waals surface area contributed by atoms with E-state index >= 15 is 0 Å². The van der Waals surface area contributed by atoms with E-state index in [1.807, 2.05) is 0 Å². The number of hydrogen-bond donors (Lipinski definition) is 0. The molecule has 1 unspecified atom stereocenters. The summed E-state index contributed by atoms with van der Waals surface area (Å²) in [6, 6.07) is 4.60. The van der Waals surface area contributed by atoms with E-state index in [0.717, 1.165) is 0 Å². The molecule has 0 N–H and O–H groups in total.